The van der Waals surface area contributed by atoms with Gasteiger partial charge >= 0.3 is 0 Å². The number of aromatic amines is 1. The van der Waals surface area contributed by atoms with Gasteiger partial charge in [0, 0.05) is 17.4 Å². The van der Waals surface area contributed by atoms with Crippen molar-refractivity contribution in [1.82, 2.24) is 19.5 Å². The minimum Gasteiger partial charge on any atom is -0.338 e. The van der Waals surface area contributed by atoms with Gasteiger partial charge in [-0.25, -0.2) is 13.1 Å². The van der Waals surface area contributed by atoms with Gasteiger partial charge in [0.25, 0.3) is 5.56 Å². The van der Waals surface area contributed by atoms with Crippen molar-refractivity contribution in [3.05, 3.63) is 46.9 Å². The molecule has 0 radical (unpaired) electrons. The number of pyridine rings is 1. The lowest BCUT2D eigenvalue weighted by Crippen LogP contribution is -2.40. The third-order valence-electron chi connectivity index (χ3n) is 5.71. The van der Waals surface area contributed by atoms with Crippen LogP contribution in [-0.4, -0.2) is 28.7 Å². The Labute approximate surface area is 192 Å². The number of hydrogen-bond donors (Lipinski definition) is 3. The second-order valence-corrected chi connectivity index (χ2v) is 11.1. The number of nitrogens with one attached hydrogen (secondary N) is 3. The number of nitrogens with zero attached hydrogens (tertiary/aromatic N) is 3. The van der Waals surface area contributed by atoms with Crippen molar-refractivity contribution in [3.63, 3.8) is 0 Å². The topological polar surface area (TPSA) is 133 Å². The van der Waals surface area contributed by atoms with Crippen LogP contribution in [0.25, 0.3) is 10.9 Å². The van der Waals surface area contributed by atoms with Gasteiger partial charge in [0.2, 0.25) is 10.0 Å². The Morgan fingerprint density at radius 3 is 2.52 bits per heavy atom. The fourth-order valence-electron chi connectivity index (χ4n) is 4.31. The van der Waals surface area contributed by atoms with Crippen LogP contribution in [-0.2, 0) is 10.0 Å². The fraction of sp³-hybridized carbons (Fsp3) is 0.435. The summed E-state index contributed by atoms with van der Waals surface area (Å²) in [4.78, 5) is 15.5. The van der Waals surface area contributed by atoms with Crippen molar-refractivity contribution < 1.29 is 8.42 Å². The first-order chi connectivity index (χ1) is 15.6. The summed E-state index contributed by atoms with van der Waals surface area (Å²) in [5, 5.41) is 17.9. The quantitative estimate of drug-likeness (QED) is 0.522. The predicted octanol–water partition coefficient (Wildman–Crippen LogP) is 3.80. The number of hydrogen-bond acceptors (Lipinski definition) is 6. The molecule has 0 saturated heterocycles. The van der Waals surface area contributed by atoms with Crippen molar-refractivity contribution in [2.45, 2.75) is 62.9 Å². The van der Waals surface area contributed by atoms with Crippen LogP contribution in [0.1, 0.15) is 52.5 Å². The van der Waals surface area contributed by atoms with E-state index in [9.17, 15) is 18.5 Å². The van der Waals surface area contributed by atoms with E-state index in [1.807, 2.05) is 0 Å². The van der Waals surface area contributed by atoms with E-state index in [0.717, 1.165) is 25.7 Å². The van der Waals surface area contributed by atoms with Crippen LogP contribution >= 0.6 is 0 Å². The van der Waals surface area contributed by atoms with Gasteiger partial charge in [-0.05, 0) is 63.9 Å². The van der Waals surface area contributed by atoms with Gasteiger partial charge in [0.05, 0.1) is 28.4 Å². The van der Waals surface area contributed by atoms with Gasteiger partial charge in [-0.2, -0.15) is 10.4 Å². The van der Waals surface area contributed by atoms with Crippen LogP contribution in [0.5, 0.6) is 0 Å². The molecule has 0 aliphatic heterocycles. The molecule has 2 aromatic heterocycles. The summed E-state index contributed by atoms with van der Waals surface area (Å²) in [5.74, 6) is 0.214. The number of sulfonamides is 1. The first-order valence-electron chi connectivity index (χ1n) is 11.0. The molecule has 10 heteroatoms. The van der Waals surface area contributed by atoms with Crippen molar-refractivity contribution in [3.8, 4) is 6.07 Å². The summed E-state index contributed by atoms with van der Waals surface area (Å²) in [6.07, 6.45) is 5.24. The van der Waals surface area contributed by atoms with E-state index >= 15 is 0 Å². The van der Waals surface area contributed by atoms with Crippen LogP contribution in [0.3, 0.4) is 0 Å². The summed E-state index contributed by atoms with van der Waals surface area (Å²) in [7, 11) is -3.65. The summed E-state index contributed by atoms with van der Waals surface area (Å²) in [6, 6.07) is 10.4. The molecule has 1 aliphatic carbocycles. The number of rotatable bonds is 5. The molecule has 3 N–H and O–H groups in total. The van der Waals surface area contributed by atoms with E-state index in [4.69, 9.17) is 5.10 Å². The first kappa shape index (κ1) is 23.0. The molecule has 2 heterocycles. The Balaban J connectivity index is 1.69. The number of aromatic nitrogens is 3. The number of H-pyrrole nitrogens is 1. The number of nitriles is 1. The molecule has 0 spiro atoms. The zero-order valence-electron chi connectivity index (χ0n) is 18.9. The molecule has 174 valence electrons. The lowest BCUT2D eigenvalue weighted by Gasteiger charge is -2.27. The normalized spacial score (nSPS) is 19.3. The zero-order chi connectivity index (χ0) is 23.8. The van der Waals surface area contributed by atoms with E-state index in [1.54, 1.807) is 49.8 Å². The van der Waals surface area contributed by atoms with Crippen LogP contribution in [0.15, 0.2) is 46.2 Å². The van der Waals surface area contributed by atoms with Gasteiger partial charge in [0.1, 0.15) is 5.39 Å². The average Bonchev–Trinajstić information content (AvgIpc) is 3.12. The summed E-state index contributed by atoms with van der Waals surface area (Å²) < 4.78 is 29.5. The van der Waals surface area contributed by atoms with Crippen LogP contribution < -0.4 is 15.6 Å². The predicted molar refractivity (Wildman–Crippen MR) is 127 cm³/mol. The van der Waals surface area contributed by atoms with Crippen molar-refractivity contribution >= 4 is 32.4 Å². The highest BCUT2D eigenvalue weighted by Crippen LogP contribution is 2.36. The van der Waals surface area contributed by atoms with Crippen molar-refractivity contribution in [2.75, 3.05) is 5.32 Å². The average molecular weight is 469 g/mol. The smallest absolute Gasteiger partial charge is 0.261 e. The minimum absolute atomic E-state index is 0.0976. The molecule has 1 aromatic carbocycles. The third-order valence-corrected chi connectivity index (χ3v) is 7.48. The van der Waals surface area contributed by atoms with E-state index in [0.29, 0.717) is 22.4 Å². The van der Waals surface area contributed by atoms with Gasteiger partial charge in [-0.15, -0.1) is 0 Å². The Hall–Kier alpha value is -3.16. The van der Waals surface area contributed by atoms with Crippen molar-refractivity contribution in [1.29, 1.82) is 5.26 Å². The maximum absolute atomic E-state index is 12.7. The molecule has 33 heavy (non-hydrogen) atoms. The molecule has 1 fully saturated rings. The standard InChI is InChI=1S/C23H28N6O3S/c1-23(2,3)28-33(31,32)17-10-8-16(9-11-17)26-21-20-19(12-13-25-22(20)30)29(27-21)18-7-5-4-6-15(18)14-24/h8-13,15,18,28H,4-7H2,1-3H3,(H,25,30)(H,26,27)/t15?,18-/m0/s1. The molecule has 1 aliphatic rings. The number of fused-ring (bicyclic) bond motifs is 1. The highest BCUT2D eigenvalue weighted by Gasteiger charge is 2.30. The summed E-state index contributed by atoms with van der Waals surface area (Å²) >= 11 is 0. The number of benzene rings is 1. The third kappa shape index (κ3) is 4.79. The lowest BCUT2D eigenvalue weighted by atomic mass is 9.85. The van der Waals surface area contributed by atoms with E-state index in [1.165, 1.54) is 12.1 Å². The Kier molecular flexibility index (Phi) is 6.03. The molecule has 3 aromatic rings. The lowest BCUT2D eigenvalue weighted by molar-refractivity contribution is 0.277. The highest BCUT2D eigenvalue weighted by molar-refractivity contribution is 7.89. The first-order valence-corrected chi connectivity index (χ1v) is 12.5. The van der Waals surface area contributed by atoms with Gasteiger partial charge in [-0.1, -0.05) is 12.8 Å². The van der Waals surface area contributed by atoms with E-state index in [-0.39, 0.29) is 22.4 Å². The second kappa shape index (κ2) is 8.65. The van der Waals surface area contributed by atoms with Gasteiger partial charge in [0.15, 0.2) is 5.82 Å². The molecular weight excluding hydrogens is 440 g/mol. The zero-order valence-corrected chi connectivity index (χ0v) is 19.7. The highest BCUT2D eigenvalue weighted by atomic mass is 32.2. The molecule has 9 nitrogen and oxygen atoms in total. The van der Waals surface area contributed by atoms with Crippen molar-refractivity contribution in [2.24, 2.45) is 5.92 Å². The van der Waals surface area contributed by atoms with Crippen LogP contribution in [0.2, 0.25) is 0 Å². The molecule has 0 amide bonds. The maximum Gasteiger partial charge on any atom is 0.261 e. The molecule has 0 bridgehead atoms. The fourth-order valence-corrected chi connectivity index (χ4v) is 5.73. The van der Waals surface area contributed by atoms with Crippen LogP contribution in [0.4, 0.5) is 11.5 Å². The Morgan fingerprint density at radius 2 is 1.85 bits per heavy atom. The largest absolute Gasteiger partial charge is 0.338 e. The Bertz CT molecular complexity index is 1360. The molecular formula is C23H28N6O3S. The number of anilines is 2. The molecule has 4 rings (SSSR count). The van der Waals surface area contributed by atoms with Gasteiger partial charge < -0.3 is 10.3 Å². The molecule has 1 saturated carbocycles. The second-order valence-electron chi connectivity index (χ2n) is 9.45. The molecule has 2 atom stereocenters. The monoisotopic (exact) mass is 468 g/mol. The van der Waals surface area contributed by atoms with Crippen LogP contribution in [0, 0.1) is 17.2 Å². The molecule has 1 unspecified atom stereocenters. The Morgan fingerprint density at radius 1 is 1.15 bits per heavy atom. The van der Waals surface area contributed by atoms with E-state index < -0.39 is 15.6 Å². The minimum atomic E-state index is -3.65. The maximum atomic E-state index is 12.7. The SMILES string of the molecule is CC(C)(C)NS(=O)(=O)c1ccc(Nc2nn([C@H]3CCCCC3C#N)c3cc[nH]c(=O)c23)cc1. The summed E-state index contributed by atoms with van der Waals surface area (Å²) in [6.45, 7) is 5.34. The summed E-state index contributed by atoms with van der Waals surface area (Å²) in [5.41, 5.74) is 0.393. The van der Waals surface area contributed by atoms with Gasteiger partial charge in [-0.3, -0.25) is 9.48 Å². The van der Waals surface area contributed by atoms with E-state index in [2.05, 4.69) is 21.1 Å².